The summed E-state index contributed by atoms with van der Waals surface area (Å²) in [5.74, 6) is -5.65. The fourth-order valence-electron chi connectivity index (χ4n) is 1.24. The third kappa shape index (κ3) is 2.91. The van der Waals surface area contributed by atoms with E-state index in [4.69, 9.17) is 0 Å². The highest BCUT2D eigenvalue weighted by molar-refractivity contribution is 7.98. The molecule has 0 spiro atoms. The molecule has 0 radical (unpaired) electrons. The molecule has 6 heteroatoms. The standard InChI is InChI=1S/C10H10F3NOS/c1-16-8-5-3-2-4-7(8)6-10(11,12)9(15)14-13/h2-5H,6H2,1H3,(H,14,15). The monoisotopic (exact) mass is 249 g/mol. The molecule has 0 fully saturated rings. The Morgan fingerprint density at radius 2 is 2.06 bits per heavy atom. The minimum Gasteiger partial charge on any atom is -0.265 e. The second kappa shape index (κ2) is 5.25. The lowest BCUT2D eigenvalue weighted by molar-refractivity contribution is -0.150. The Hall–Kier alpha value is -1.17. The van der Waals surface area contributed by atoms with Gasteiger partial charge in [0, 0.05) is 11.3 Å². The van der Waals surface area contributed by atoms with Crippen LogP contribution in [0.2, 0.25) is 0 Å². The van der Waals surface area contributed by atoms with Crippen LogP contribution in [0.1, 0.15) is 5.56 Å². The smallest absolute Gasteiger partial charge is 0.265 e. The van der Waals surface area contributed by atoms with Gasteiger partial charge in [-0.2, -0.15) is 14.3 Å². The van der Waals surface area contributed by atoms with E-state index < -0.39 is 18.3 Å². The van der Waals surface area contributed by atoms with Gasteiger partial charge in [-0.05, 0) is 17.9 Å². The van der Waals surface area contributed by atoms with Crippen LogP contribution in [0.5, 0.6) is 0 Å². The number of carbonyl (C=O) groups excluding carboxylic acids is 1. The zero-order valence-electron chi connectivity index (χ0n) is 8.47. The van der Waals surface area contributed by atoms with Crippen molar-refractivity contribution in [1.82, 2.24) is 5.54 Å². The van der Waals surface area contributed by atoms with Gasteiger partial charge in [-0.15, -0.1) is 16.2 Å². The van der Waals surface area contributed by atoms with Gasteiger partial charge < -0.3 is 0 Å². The van der Waals surface area contributed by atoms with E-state index in [2.05, 4.69) is 0 Å². The van der Waals surface area contributed by atoms with E-state index in [1.54, 1.807) is 24.5 Å². The van der Waals surface area contributed by atoms with Crippen molar-refractivity contribution in [2.75, 3.05) is 6.26 Å². The zero-order chi connectivity index (χ0) is 12.2. The summed E-state index contributed by atoms with van der Waals surface area (Å²) in [5, 5.41) is 0. The second-order valence-corrected chi connectivity index (χ2v) is 3.96. The number of amides is 1. The quantitative estimate of drug-likeness (QED) is 0.656. The normalized spacial score (nSPS) is 11.2. The van der Waals surface area contributed by atoms with Gasteiger partial charge in [0.1, 0.15) is 0 Å². The molecule has 0 aliphatic heterocycles. The molecule has 0 aliphatic rings. The fraction of sp³-hybridized carbons (Fsp3) is 0.300. The average molecular weight is 249 g/mol. The molecule has 1 aromatic carbocycles. The molecule has 0 atom stereocenters. The van der Waals surface area contributed by atoms with Crippen LogP contribution in [0.15, 0.2) is 29.2 Å². The van der Waals surface area contributed by atoms with Crippen LogP contribution >= 0.6 is 11.8 Å². The van der Waals surface area contributed by atoms with Crippen molar-refractivity contribution in [3.63, 3.8) is 0 Å². The maximum Gasteiger partial charge on any atom is 0.330 e. The van der Waals surface area contributed by atoms with Gasteiger partial charge in [-0.25, -0.2) is 0 Å². The molecule has 88 valence electrons. The predicted molar refractivity (Wildman–Crippen MR) is 56.1 cm³/mol. The first kappa shape index (κ1) is 12.9. The summed E-state index contributed by atoms with van der Waals surface area (Å²) in [6, 6.07) is 6.47. The van der Waals surface area contributed by atoms with E-state index in [9.17, 15) is 18.1 Å². The number of thioether (sulfide) groups is 1. The number of halogens is 3. The molecular formula is C10H10F3NOS. The predicted octanol–water partition coefficient (Wildman–Crippen LogP) is 2.59. The first-order valence-corrected chi connectivity index (χ1v) is 5.64. The lowest BCUT2D eigenvalue weighted by atomic mass is 10.1. The van der Waals surface area contributed by atoms with Crippen molar-refractivity contribution in [1.29, 1.82) is 0 Å². The van der Waals surface area contributed by atoms with Crippen molar-refractivity contribution in [2.45, 2.75) is 17.2 Å². The number of hydrogen-bond acceptors (Lipinski definition) is 2. The van der Waals surface area contributed by atoms with E-state index in [1.165, 1.54) is 17.8 Å². The Balaban J connectivity index is 2.91. The second-order valence-electron chi connectivity index (χ2n) is 3.12. The molecule has 1 amide bonds. The number of benzene rings is 1. The summed E-state index contributed by atoms with van der Waals surface area (Å²) in [6.07, 6.45) is 0.936. The van der Waals surface area contributed by atoms with E-state index in [-0.39, 0.29) is 0 Å². The minimum atomic E-state index is -3.74. The SMILES string of the molecule is CSc1ccccc1CC(F)(F)C(=O)NF. The summed E-state index contributed by atoms with van der Waals surface area (Å²) < 4.78 is 38.0. The van der Waals surface area contributed by atoms with Gasteiger partial charge in [-0.1, -0.05) is 18.2 Å². The number of hydrogen-bond donors (Lipinski definition) is 1. The van der Waals surface area contributed by atoms with Gasteiger partial charge >= 0.3 is 11.8 Å². The summed E-state index contributed by atoms with van der Waals surface area (Å²) in [4.78, 5) is 11.2. The fourth-order valence-corrected chi connectivity index (χ4v) is 1.85. The van der Waals surface area contributed by atoms with E-state index >= 15 is 0 Å². The van der Waals surface area contributed by atoms with E-state index in [0.717, 1.165) is 0 Å². The maximum atomic E-state index is 13.2. The summed E-state index contributed by atoms with van der Waals surface area (Å²) in [7, 11) is 0. The first-order valence-electron chi connectivity index (χ1n) is 4.42. The molecule has 2 nitrogen and oxygen atoms in total. The van der Waals surface area contributed by atoms with Crippen LogP contribution in [0.25, 0.3) is 0 Å². The van der Waals surface area contributed by atoms with Crippen molar-refractivity contribution in [3.8, 4) is 0 Å². The lowest BCUT2D eigenvalue weighted by Gasteiger charge is -2.14. The molecule has 1 rings (SSSR count). The molecule has 1 aromatic rings. The van der Waals surface area contributed by atoms with Gasteiger partial charge in [0.15, 0.2) is 0 Å². The molecule has 0 bridgehead atoms. The molecule has 0 aliphatic carbocycles. The van der Waals surface area contributed by atoms with Crippen LogP contribution in [-0.4, -0.2) is 18.1 Å². The Bertz CT molecular complexity index is 384. The Morgan fingerprint density at radius 3 is 2.62 bits per heavy atom. The summed E-state index contributed by atoms with van der Waals surface area (Å²) >= 11 is 1.30. The summed E-state index contributed by atoms with van der Waals surface area (Å²) in [6.45, 7) is 0. The molecule has 0 unspecified atom stereocenters. The third-order valence-electron chi connectivity index (χ3n) is 2.02. The van der Waals surface area contributed by atoms with Crippen molar-refractivity contribution >= 4 is 17.7 Å². The van der Waals surface area contributed by atoms with E-state index in [1.807, 2.05) is 0 Å². The van der Waals surface area contributed by atoms with Crippen LogP contribution in [0, 0.1) is 0 Å². The van der Waals surface area contributed by atoms with Gasteiger partial charge in [0.05, 0.1) is 0 Å². The largest absolute Gasteiger partial charge is 0.330 e. The lowest BCUT2D eigenvalue weighted by Crippen LogP contribution is -2.38. The van der Waals surface area contributed by atoms with Gasteiger partial charge in [0.25, 0.3) is 0 Å². The summed E-state index contributed by atoms with van der Waals surface area (Å²) in [5.41, 5.74) is 0.790. The zero-order valence-corrected chi connectivity index (χ0v) is 9.28. The molecule has 0 saturated heterocycles. The van der Waals surface area contributed by atoms with Crippen LogP contribution in [0.3, 0.4) is 0 Å². The third-order valence-corrected chi connectivity index (χ3v) is 2.86. The average Bonchev–Trinajstić information content (AvgIpc) is 2.28. The first-order chi connectivity index (χ1) is 7.51. The topological polar surface area (TPSA) is 29.1 Å². The highest BCUT2D eigenvalue weighted by Gasteiger charge is 2.39. The minimum absolute atomic E-state index is 0.323. The Labute approximate surface area is 95.2 Å². The Kier molecular flexibility index (Phi) is 4.23. The molecular weight excluding hydrogens is 239 g/mol. The highest BCUT2D eigenvalue weighted by atomic mass is 32.2. The van der Waals surface area contributed by atoms with Crippen LogP contribution in [-0.2, 0) is 11.2 Å². The van der Waals surface area contributed by atoms with Crippen molar-refractivity contribution in [2.24, 2.45) is 0 Å². The highest BCUT2D eigenvalue weighted by Crippen LogP contribution is 2.27. The molecule has 0 heterocycles. The van der Waals surface area contributed by atoms with Crippen LogP contribution < -0.4 is 5.54 Å². The molecule has 16 heavy (non-hydrogen) atoms. The maximum absolute atomic E-state index is 13.2. The number of carbonyl (C=O) groups is 1. The van der Waals surface area contributed by atoms with Gasteiger partial charge in [0.2, 0.25) is 0 Å². The molecule has 0 saturated carbocycles. The number of nitrogens with one attached hydrogen (secondary N) is 1. The Morgan fingerprint density at radius 1 is 1.44 bits per heavy atom. The number of alkyl halides is 2. The number of rotatable bonds is 4. The molecule has 0 aromatic heterocycles. The van der Waals surface area contributed by atoms with Crippen LogP contribution in [0.4, 0.5) is 13.3 Å². The molecule has 1 N–H and O–H groups in total. The van der Waals surface area contributed by atoms with Gasteiger partial charge in [-0.3, -0.25) is 4.79 Å². The van der Waals surface area contributed by atoms with Crippen molar-refractivity contribution < 1.29 is 18.1 Å². The van der Waals surface area contributed by atoms with E-state index in [0.29, 0.717) is 16.0 Å². The van der Waals surface area contributed by atoms with Crippen molar-refractivity contribution in [3.05, 3.63) is 29.8 Å².